The van der Waals surface area contributed by atoms with Crippen LogP contribution in [0.4, 0.5) is 0 Å². The van der Waals surface area contributed by atoms with Crippen molar-refractivity contribution in [1.29, 1.82) is 0 Å². The number of rotatable bonds is 0. The first kappa shape index (κ1) is 8.79. The Balaban J connectivity index is 2.66. The molecular formula is C10H19N. The van der Waals surface area contributed by atoms with Crippen LogP contribution in [-0.4, -0.2) is 5.54 Å². The normalized spacial score (nSPS) is 45.5. The fraction of sp³-hybridized carbons (Fsp3) is 0.800. The van der Waals surface area contributed by atoms with Gasteiger partial charge in [0.05, 0.1) is 0 Å². The molecule has 0 aromatic heterocycles. The lowest BCUT2D eigenvalue weighted by Crippen LogP contribution is -2.38. The van der Waals surface area contributed by atoms with Crippen molar-refractivity contribution in [2.24, 2.45) is 17.6 Å². The quantitative estimate of drug-likeness (QED) is 0.531. The predicted octanol–water partition coefficient (Wildman–Crippen LogP) is 2.33. The second-order valence-electron chi connectivity index (χ2n) is 4.40. The molecule has 1 aliphatic rings. The fourth-order valence-corrected chi connectivity index (χ4v) is 2.07. The van der Waals surface area contributed by atoms with E-state index in [1.165, 1.54) is 0 Å². The van der Waals surface area contributed by atoms with Gasteiger partial charge in [-0.05, 0) is 31.6 Å². The zero-order valence-electron chi connectivity index (χ0n) is 7.80. The molecule has 11 heavy (non-hydrogen) atoms. The first-order chi connectivity index (χ1) is 4.99. The van der Waals surface area contributed by atoms with E-state index in [0.717, 1.165) is 12.8 Å². The van der Waals surface area contributed by atoms with Crippen LogP contribution in [0.5, 0.6) is 0 Å². The van der Waals surface area contributed by atoms with Crippen molar-refractivity contribution in [3.63, 3.8) is 0 Å². The van der Waals surface area contributed by atoms with E-state index in [4.69, 9.17) is 5.73 Å². The van der Waals surface area contributed by atoms with Crippen LogP contribution in [0.1, 0.15) is 33.6 Å². The Morgan fingerprint density at radius 3 is 1.91 bits per heavy atom. The van der Waals surface area contributed by atoms with Gasteiger partial charge < -0.3 is 5.73 Å². The highest BCUT2D eigenvalue weighted by atomic mass is 14.7. The second-order valence-corrected chi connectivity index (χ2v) is 4.40. The molecule has 0 aromatic rings. The first-order valence-electron chi connectivity index (χ1n) is 4.47. The summed E-state index contributed by atoms with van der Waals surface area (Å²) in [7, 11) is 0. The molecule has 1 rings (SSSR count). The van der Waals surface area contributed by atoms with Crippen LogP contribution < -0.4 is 5.73 Å². The highest BCUT2D eigenvalue weighted by Gasteiger charge is 2.24. The Hall–Kier alpha value is -0.300. The molecule has 2 unspecified atom stereocenters. The molecule has 1 aliphatic carbocycles. The average molecular weight is 153 g/mol. The van der Waals surface area contributed by atoms with Crippen molar-refractivity contribution in [3.8, 4) is 0 Å². The fourth-order valence-electron chi connectivity index (χ4n) is 2.07. The molecule has 2 N–H and O–H groups in total. The summed E-state index contributed by atoms with van der Waals surface area (Å²) in [6.45, 7) is 6.63. The lowest BCUT2D eigenvalue weighted by atomic mass is 9.87. The molecule has 1 nitrogen and oxygen atoms in total. The van der Waals surface area contributed by atoms with Crippen LogP contribution in [0.2, 0.25) is 0 Å². The molecule has 0 radical (unpaired) electrons. The Kier molecular flexibility index (Phi) is 2.38. The highest BCUT2D eigenvalue weighted by molar-refractivity contribution is 5.00. The van der Waals surface area contributed by atoms with E-state index in [1.807, 2.05) is 0 Å². The molecule has 0 heterocycles. The summed E-state index contributed by atoms with van der Waals surface area (Å²) in [5, 5.41) is 0. The van der Waals surface area contributed by atoms with E-state index in [-0.39, 0.29) is 5.54 Å². The molecule has 0 aliphatic heterocycles. The maximum absolute atomic E-state index is 6.12. The van der Waals surface area contributed by atoms with Gasteiger partial charge in [-0.25, -0.2) is 0 Å². The summed E-state index contributed by atoms with van der Waals surface area (Å²) < 4.78 is 0. The van der Waals surface area contributed by atoms with E-state index >= 15 is 0 Å². The number of hydrogen-bond acceptors (Lipinski definition) is 1. The predicted molar refractivity (Wildman–Crippen MR) is 49.3 cm³/mol. The van der Waals surface area contributed by atoms with Crippen LogP contribution >= 0.6 is 0 Å². The number of allylic oxidation sites excluding steroid dienone is 2. The molecule has 0 saturated heterocycles. The summed E-state index contributed by atoms with van der Waals surface area (Å²) in [5.41, 5.74) is 6.16. The van der Waals surface area contributed by atoms with Gasteiger partial charge in [-0.1, -0.05) is 26.0 Å². The molecule has 0 fully saturated rings. The molecule has 0 saturated carbocycles. The smallest absolute Gasteiger partial charge is 0.0136 e. The second kappa shape index (κ2) is 2.98. The number of hydrogen-bond donors (Lipinski definition) is 1. The first-order valence-corrected chi connectivity index (χ1v) is 4.47. The maximum atomic E-state index is 6.12. The average Bonchev–Trinajstić information content (AvgIpc) is 1.89. The SMILES string of the molecule is CC1C=CC(C)CC(C)(N)C1. The van der Waals surface area contributed by atoms with E-state index in [0.29, 0.717) is 11.8 Å². The third kappa shape index (κ3) is 2.66. The molecule has 0 spiro atoms. The van der Waals surface area contributed by atoms with Gasteiger partial charge in [-0.2, -0.15) is 0 Å². The van der Waals surface area contributed by atoms with Crippen LogP contribution in [0.15, 0.2) is 12.2 Å². The summed E-state index contributed by atoms with van der Waals surface area (Å²) in [4.78, 5) is 0. The van der Waals surface area contributed by atoms with Crippen LogP contribution in [0.25, 0.3) is 0 Å². The van der Waals surface area contributed by atoms with Gasteiger partial charge >= 0.3 is 0 Å². The molecule has 1 heteroatoms. The molecule has 64 valence electrons. The van der Waals surface area contributed by atoms with Crippen molar-refractivity contribution in [2.45, 2.75) is 39.2 Å². The highest BCUT2D eigenvalue weighted by Crippen LogP contribution is 2.27. The van der Waals surface area contributed by atoms with Crippen molar-refractivity contribution in [1.82, 2.24) is 0 Å². The molecule has 2 atom stereocenters. The van der Waals surface area contributed by atoms with Crippen LogP contribution in [0.3, 0.4) is 0 Å². The van der Waals surface area contributed by atoms with Crippen LogP contribution in [0, 0.1) is 11.8 Å². The lowest BCUT2D eigenvalue weighted by molar-refractivity contribution is 0.346. The van der Waals surface area contributed by atoms with Crippen LogP contribution in [-0.2, 0) is 0 Å². The zero-order valence-corrected chi connectivity index (χ0v) is 7.80. The van der Waals surface area contributed by atoms with E-state index in [2.05, 4.69) is 32.9 Å². The van der Waals surface area contributed by atoms with Gasteiger partial charge in [0.15, 0.2) is 0 Å². The van der Waals surface area contributed by atoms with Gasteiger partial charge in [0, 0.05) is 5.54 Å². The van der Waals surface area contributed by atoms with E-state index in [9.17, 15) is 0 Å². The minimum atomic E-state index is 0.0440. The molecule has 0 bridgehead atoms. The topological polar surface area (TPSA) is 26.0 Å². The largest absolute Gasteiger partial charge is 0.325 e. The van der Waals surface area contributed by atoms with Gasteiger partial charge in [0.2, 0.25) is 0 Å². The minimum Gasteiger partial charge on any atom is -0.325 e. The maximum Gasteiger partial charge on any atom is 0.0136 e. The van der Waals surface area contributed by atoms with Gasteiger partial charge in [-0.15, -0.1) is 0 Å². The third-order valence-electron chi connectivity index (χ3n) is 2.34. The van der Waals surface area contributed by atoms with Crippen molar-refractivity contribution >= 4 is 0 Å². The minimum absolute atomic E-state index is 0.0440. The molecule has 0 aromatic carbocycles. The third-order valence-corrected chi connectivity index (χ3v) is 2.34. The van der Waals surface area contributed by atoms with Gasteiger partial charge in [-0.3, -0.25) is 0 Å². The van der Waals surface area contributed by atoms with Crippen molar-refractivity contribution in [2.75, 3.05) is 0 Å². The van der Waals surface area contributed by atoms with E-state index in [1.54, 1.807) is 0 Å². The molecule has 0 amide bonds. The molecular weight excluding hydrogens is 134 g/mol. The standard InChI is InChI=1S/C10H19N/c1-8-4-5-9(2)7-10(3,11)6-8/h4-5,8-9H,6-7,11H2,1-3H3. The summed E-state index contributed by atoms with van der Waals surface area (Å²) in [6.07, 6.45) is 6.83. The number of nitrogens with two attached hydrogens (primary N) is 1. The zero-order chi connectivity index (χ0) is 8.48. The van der Waals surface area contributed by atoms with Gasteiger partial charge in [0.25, 0.3) is 0 Å². The summed E-state index contributed by atoms with van der Waals surface area (Å²) in [5.74, 6) is 1.30. The Morgan fingerprint density at radius 2 is 1.55 bits per heavy atom. The summed E-state index contributed by atoms with van der Waals surface area (Å²) >= 11 is 0. The Labute approximate surface area is 69.7 Å². The summed E-state index contributed by atoms with van der Waals surface area (Å²) in [6, 6.07) is 0. The van der Waals surface area contributed by atoms with Gasteiger partial charge in [0.1, 0.15) is 0 Å². The Morgan fingerprint density at radius 1 is 1.18 bits per heavy atom. The lowest BCUT2D eigenvalue weighted by Gasteiger charge is -2.26. The Bertz CT molecular complexity index is 142. The monoisotopic (exact) mass is 153 g/mol. The van der Waals surface area contributed by atoms with Crippen molar-refractivity contribution < 1.29 is 0 Å². The van der Waals surface area contributed by atoms with Crippen molar-refractivity contribution in [3.05, 3.63) is 12.2 Å². The van der Waals surface area contributed by atoms with E-state index < -0.39 is 0 Å².